The third-order valence-corrected chi connectivity index (χ3v) is 6.15. The minimum Gasteiger partial charge on any atom is -0.481 e. The molecule has 0 saturated heterocycles. The molecule has 0 bridgehead atoms. The number of aromatic nitrogens is 1. The number of H-pyrrole nitrogens is 1. The summed E-state index contributed by atoms with van der Waals surface area (Å²) in [6.07, 6.45) is 0.445. The van der Waals surface area contributed by atoms with Gasteiger partial charge in [0, 0.05) is 23.4 Å². The summed E-state index contributed by atoms with van der Waals surface area (Å²) < 4.78 is 33.9. The molecule has 3 aromatic carbocycles. The maximum Gasteiger partial charge on any atom is 0.303 e. The maximum absolute atomic E-state index is 14.4. The molecule has 1 aromatic heterocycles. The number of aryl methyl sites for hydroxylation is 3. The van der Waals surface area contributed by atoms with Crippen molar-refractivity contribution in [1.82, 2.24) is 10.3 Å². The molecule has 0 fully saturated rings. The third kappa shape index (κ3) is 5.54. The Bertz CT molecular complexity index is 1460. The van der Waals surface area contributed by atoms with Crippen LogP contribution in [-0.2, 0) is 11.2 Å². The van der Waals surface area contributed by atoms with E-state index in [0.29, 0.717) is 39.9 Å². The van der Waals surface area contributed by atoms with E-state index >= 15 is 0 Å². The van der Waals surface area contributed by atoms with Crippen molar-refractivity contribution >= 4 is 22.8 Å². The van der Waals surface area contributed by atoms with Crippen LogP contribution in [0.1, 0.15) is 52.1 Å². The smallest absolute Gasteiger partial charge is 0.303 e. The monoisotopic (exact) mass is 492 g/mol. The van der Waals surface area contributed by atoms with E-state index in [0.717, 1.165) is 11.1 Å². The van der Waals surface area contributed by atoms with Crippen molar-refractivity contribution in [2.24, 2.45) is 0 Å². The molecule has 3 N–H and O–H groups in total. The van der Waals surface area contributed by atoms with E-state index in [1.807, 2.05) is 6.92 Å². The van der Waals surface area contributed by atoms with Crippen molar-refractivity contribution in [1.29, 1.82) is 0 Å². The number of rotatable bonds is 8. The van der Waals surface area contributed by atoms with Crippen molar-refractivity contribution in [2.45, 2.75) is 39.7 Å². The molecule has 0 spiro atoms. The van der Waals surface area contributed by atoms with E-state index < -0.39 is 23.7 Å². The lowest BCUT2D eigenvalue weighted by Gasteiger charge is -2.16. The number of benzene rings is 3. The van der Waals surface area contributed by atoms with E-state index in [-0.39, 0.29) is 18.0 Å². The summed E-state index contributed by atoms with van der Waals surface area (Å²) in [5, 5.41) is 12.4. The molecule has 4 aromatic rings. The first-order valence-corrected chi connectivity index (χ1v) is 11.5. The number of aromatic amines is 1. The number of amides is 1. The Morgan fingerprint density at radius 1 is 1.00 bits per heavy atom. The Hall–Kier alpha value is -4.20. The minimum absolute atomic E-state index is 0.0346. The van der Waals surface area contributed by atoms with Crippen LogP contribution in [0.3, 0.4) is 0 Å². The highest BCUT2D eigenvalue weighted by atomic mass is 19.1. The summed E-state index contributed by atoms with van der Waals surface area (Å²) in [5.41, 5.74) is 3.87. The van der Waals surface area contributed by atoms with Gasteiger partial charge in [0.05, 0.1) is 6.04 Å². The molecule has 0 unspecified atom stereocenters. The standard InChI is InChI=1S/C28H26F2N2O4/c1-15-10-22(7-4-18(15)5-9-26(33)34)36-23-12-19(11-21(30)13-23)17(3)31-28(35)27-16(2)24-14-20(29)6-8-25(24)32-27/h4,6-8,10-14,17,32H,5,9H2,1-3H3,(H,31,35)(H,33,34)/t17-/m0/s1. The van der Waals surface area contributed by atoms with Gasteiger partial charge in [-0.25, -0.2) is 8.78 Å². The molecule has 8 heteroatoms. The Morgan fingerprint density at radius 2 is 1.78 bits per heavy atom. The number of carbonyl (C=O) groups excluding carboxylic acids is 1. The summed E-state index contributed by atoms with van der Waals surface area (Å²) >= 11 is 0. The molecule has 36 heavy (non-hydrogen) atoms. The van der Waals surface area contributed by atoms with Crippen molar-refractivity contribution in [3.63, 3.8) is 0 Å². The Labute approximate surface area is 206 Å². The molecular formula is C28H26F2N2O4. The second-order valence-corrected chi connectivity index (χ2v) is 8.81. The molecule has 1 heterocycles. The topological polar surface area (TPSA) is 91.4 Å². The largest absolute Gasteiger partial charge is 0.481 e. The molecule has 186 valence electrons. The number of fused-ring (bicyclic) bond motifs is 1. The normalized spacial score (nSPS) is 11.9. The van der Waals surface area contributed by atoms with Gasteiger partial charge in [0.1, 0.15) is 28.8 Å². The fourth-order valence-corrected chi connectivity index (χ4v) is 4.16. The zero-order chi connectivity index (χ0) is 26.0. The molecule has 1 atom stereocenters. The van der Waals surface area contributed by atoms with Gasteiger partial charge in [0.2, 0.25) is 0 Å². The number of hydrogen-bond donors (Lipinski definition) is 3. The van der Waals surface area contributed by atoms with Crippen LogP contribution < -0.4 is 10.1 Å². The van der Waals surface area contributed by atoms with Gasteiger partial charge in [-0.15, -0.1) is 0 Å². The highest BCUT2D eigenvalue weighted by molar-refractivity contribution is 6.01. The van der Waals surface area contributed by atoms with Gasteiger partial charge in [0.15, 0.2) is 0 Å². The predicted molar refractivity (Wildman–Crippen MR) is 132 cm³/mol. The van der Waals surface area contributed by atoms with Crippen LogP contribution in [0.15, 0.2) is 54.6 Å². The number of carbonyl (C=O) groups is 2. The second-order valence-electron chi connectivity index (χ2n) is 8.81. The number of hydrogen-bond acceptors (Lipinski definition) is 3. The van der Waals surface area contributed by atoms with Gasteiger partial charge in [-0.2, -0.15) is 0 Å². The van der Waals surface area contributed by atoms with Crippen LogP contribution in [0.4, 0.5) is 8.78 Å². The number of ether oxygens (including phenoxy) is 1. The lowest BCUT2D eigenvalue weighted by molar-refractivity contribution is -0.136. The summed E-state index contributed by atoms with van der Waals surface area (Å²) in [4.78, 5) is 26.8. The molecule has 0 aliphatic rings. The van der Waals surface area contributed by atoms with Crippen LogP contribution in [-0.4, -0.2) is 22.0 Å². The van der Waals surface area contributed by atoms with Crippen LogP contribution in [0.25, 0.3) is 10.9 Å². The van der Waals surface area contributed by atoms with E-state index in [9.17, 15) is 18.4 Å². The van der Waals surface area contributed by atoms with Gasteiger partial charge < -0.3 is 20.1 Å². The van der Waals surface area contributed by atoms with Gasteiger partial charge in [0.25, 0.3) is 5.91 Å². The number of carboxylic acid groups (broad SMARTS) is 1. The zero-order valence-electron chi connectivity index (χ0n) is 20.1. The number of halogens is 2. The van der Waals surface area contributed by atoms with Crippen LogP contribution >= 0.6 is 0 Å². The first-order chi connectivity index (χ1) is 17.1. The average molecular weight is 493 g/mol. The fraction of sp³-hybridized carbons (Fsp3) is 0.214. The molecule has 0 aliphatic carbocycles. The van der Waals surface area contributed by atoms with E-state index in [2.05, 4.69) is 10.3 Å². The summed E-state index contributed by atoms with van der Waals surface area (Å²) in [7, 11) is 0. The number of carboxylic acids is 1. The molecule has 0 aliphatic heterocycles. The second kappa shape index (κ2) is 10.2. The average Bonchev–Trinajstić information content (AvgIpc) is 3.14. The van der Waals surface area contributed by atoms with Gasteiger partial charge in [-0.1, -0.05) is 6.07 Å². The van der Waals surface area contributed by atoms with E-state index in [1.54, 1.807) is 44.2 Å². The predicted octanol–water partition coefficient (Wildman–Crippen LogP) is 6.36. The summed E-state index contributed by atoms with van der Waals surface area (Å²) in [5.74, 6) is -1.41. The first-order valence-electron chi connectivity index (χ1n) is 11.5. The SMILES string of the molecule is Cc1cc(Oc2cc(F)cc([C@H](C)NC(=O)c3[nH]c4ccc(F)cc4c3C)c2)ccc1CCC(=O)O. The summed E-state index contributed by atoms with van der Waals surface area (Å²) in [6.45, 7) is 5.33. The maximum atomic E-state index is 14.4. The van der Waals surface area contributed by atoms with E-state index in [4.69, 9.17) is 9.84 Å². The summed E-state index contributed by atoms with van der Waals surface area (Å²) in [6, 6.07) is 13.2. The Morgan fingerprint density at radius 3 is 2.50 bits per heavy atom. The Balaban J connectivity index is 1.50. The Kier molecular flexibility index (Phi) is 7.05. The van der Waals surface area contributed by atoms with E-state index in [1.165, 1.54) is 24.3 Å². The molecule has 1 amide bonds. The molecular weight excluding hydrogens is 466 g/mol. The van der Waals surface area contributed by atoms with Gasteiger partial charge in [-0.05, 0) is 91.9 Å². The van der Waals surface area contributed by atoms with Gasteiger partial charge in [-0.3, -0.25) is 9.59 Å². The zero-order valence-corrected chi connectivity index (χ0v) is 20.1. The van der Waals surface area contributed by atoms with Crippen molar-refractivity contribution < 1.29 is 28.2 Å². The number of nitrogens with one attached hydrogen (secondary N) is 2. The van der Waals surface area contributed by atoms with Crippen molar-refractivity contribution in [3.8, 4) is 11.5 Å². The molecule has 0 radical (unpaired) electrons. The highest BCUT2D eigenvalue weighted by Crippen LogP contribution is 2.29. The van der Waals surface area contributed by atoms with Crippen molar-refractivity contribution in [3.05, 3.63) is 94.2 Å². The fourth-order valence-electron chi connectivity index (χ4n) is 4.16. The lowest BCUT2D eigenvalue weighted by atomic mass is 10.0. The van der Waals surface area contributed by atoms with Crippen LogP contribution in [0.2, 0.25) is 0 Å². The molecule has 4 rings (SSSR count). The third-order valence-electron chi connectivity index (χ3n) is 6.15. The quantitative estimate of drug-likeness (QED) is 0.267. The molecule has 6 nitrogen and oxygen atoms in total. The molecule has 0 saturated carbocycles. The first kappa shape index (κ1) is 24.9. The van der Waals surface area contributed by atoms with Crippen molar-refractivity contribution in [2.75, 3.05) is 0 Å². The number of aliphatic carboxylic acids is 1. The van der Waals surface area contributed by atoms with Crippen LogP contribution in [0, 0.1) is 25.5 Å². The minimum atomic E-state index is -0.864. The highest BCUT2D eigenvalue weighted by Gasteiger charge is 2.19. The lowest BCUT2D eigenvalue weighted by Crippen LogP contribution is -2.27. The van der Waals surface area contributed by atoms with Crippen LogP contribution in [0.5, 0.6) is 11.5 Å². The van der Waals surface area contributed by atoms with Gasteiger partial charge >= 0.3 is 5.97 Å².